The Kier molecular flexibility index (Phi) is 15.7. The molecular weight excluding hydrogens is 1100 g/mol. The molecule has 0 aromatic heterocycles. The van der Waals surface area contributed by atoms with Crippen molar-refractivity contribution in [2.24, 2.45) is 0 Å². The third kappa shape index (κ3) is 10.0. The Hall–Kier alpha value is -7.57. The molecule has 0 radical (unpaired) electrons. The summed E-state index contributed by atoms with van der Waals surface area (Å²) in [6, 6.07) is 108. The maximum absolute atomic E-state index is 4.93. The predicted molar refractivity (Wildman–Crippen MR) is 305 cm³/mol. The second kappa shape index (κ2) is 23.3. The van der Waals surface area contributed by atoms with Gasteiger partial charge in [-0.3, -0.25) is 0 Å². The van der Waals surface area contributed by atoms with Gasteiger partial charge in [-0.15, -0.1) is 46.5 Å². The fourth-order valence-electron chi connectivity index (χ4n) is 10.6. The van der Waals surface area contributed by atoms with Crippen LogP contribution in [0.4, 0.5) is 0 Å². The molecule has 0 unspecified atom stereocenters. The molecule has 0 N–H and O–H groups in total. The Labute approximate surface area is 447 Å². The van der Waals surface area contributed by atoms with E-state index in [0.29, 0.717) is 0 Å². The summed E-state index contributed by atoms with van der Waals surface area (Å²) in [4.78, 5) is 0. The zero-order valence-corrected chi connectivity index (χ0v) is 44.5. The van der Waals surface area contributed by atoms with Gasteiger partial charge in [0, 0.05) is 10.8 Å². The van der Waals surface area contributed by atoms with E-state index < -0.39 is 27.3 Å². The third-order valence-electron chi connectivity index (χ3n) is 13.6. The molecule has 0 amide bonds. The Balaban J connectivity index is 0.000000159. The van der Waals surface area contributed by atoms with E-state index in [1.807, 2.05) is 0 Å². The molecule has 3 heteroatoms. The summed E-state index contributed by atoms with van der Waals surface area (Å²) >= 11 is -0.806. The number of allylic oxidation sites excluding steroid dienone is 8. The van der Waals surface area contributed by atoms with E-state index >= 15 is 0 Å². The number of hydrogen-bond donors (Lipinski definition) is 0. The minimum atomic E-state index is -0.806. The Morgan fingerprint density at radius 2 is 0.411 bits per heavy atom. The second-order valence-corrected chi connectivity index (χ2v) is 22.0. The van der Waals surface area contributed by atoms with Crippen LogP contribution in [0.2, 0.25) is 0 Å². The van der Waals surface area contributed by atoms with Crippen LogP contribution in [0, 0.1) is 12.2 Å². The average Bonchev–Trinajstić information content (AvgIpc) is 4.06. The van der Waals surface area contributed by atoms with E-state index in [-0.39, 0.29) is 0 Å². The van der Waals surface area contributed by atoms with E-state index in [9.17, 15) is 0 Å². The first-order valence-corrected chi connectivity index (χ1v) is 31.7. The normalized spacial score (nSPS) is 14.2. The first-order valence-electron chi connectivity index (χ1n) is 24.4. The van der Waals surface area contributed by atoms with E-state index in [0.717, 1.165) is 11.1 Å². The van der Waals surface area contributed by atoms with Gasteiger partial charge >= 0.3 is 35.3 Å². The molecule has 2 aliphatic rings. The summed E-state index contributed by atoms with van der Waals surface area (Å²) in [5.41, 5.74) is 18.2. The van der Waals surface area contributed by atoms with Crippen LogP contribution in [-0.2, 0) is 27.3 Å². The van der Waals surface area contributed by atoms with E-state index in [4.69, 9.17) is 18.8 Å². The molecule has 0 saturated carbocycles. The van der Waals surface area contributed by atoms with Gasteiger partial charge in [-0.2, -0.15) is 23.3 Å². The number of rotatable bonds is 10. The van der Waals surface area contributed by atoms with Gasteiger partial charge in [-0.25, -0.2) is 0 Å². The first-order chi connectivity index (χ1) is 36.2. The van der Waals surface area contributed by atoms with Crippen LogP contribution < -0.4 is 0 Å². The van der Waals surface area contributed by atoms with Gasteiger partial charge in [0.25, 0.3) is 0 Å². The summed E-state index contributed by atoms with van der Waals surface area (Å²) in [7, 11) is 9.86. The molecule has 0 saturated heterocycles. The molecule has 0 aliphatic heterocycles. The molecule has 0 atom stereocenters. The fraction of sp³-hybridized carbons (Fsp3) is 0.0286. The minimum absolute atomic E-state index is 0.555. The molecule has 0 spiro atoms. The predicted octanol–water partition coefficient (Wildman–Crippen LogP) is 18.3. The number of halogens is 2. The molecule has 73 heavy (non-hydrogen) atoms. The molecule has 10 aromatic carbocycles. The van der Waals surface area contributed by atoms with Gasteiger partial charge in [-0.1, -0.05) is 301 Å². The standard InChI is InChI=1S/2C35H25.2ClH.W/c2*1-6-16-27(17-7-1)32-26-35(30-22-12-4-13-23-30,31-24-14-5-15-25-31)34(29-20-10-3-11-21-29)33(32)28-18-8-2-9-19-28;;;/h2*1-25H;2*1H;/q2*-1;;;+2/p-2. The van der Waals surface area contributed by atoms with E-state index in [1.54, 1.807) is 0 Å². The third-order valence-corrected chi connectivity index (χ3v) is 13.6. The molecule has 0 heterocycles. The monoisotopic (exact) mass is 1140 g/mol. The number of benzene rings is 10. The molecule has 2 aliphatic carbocycles. The van der Waals surface area contributed by atoms with Crippen molar-refractivity contribution < 1.29 is 16.5 Å². The Morgan fingerprint density at radius 1 is 0.233 bits per heavy atom. The quantitative estimate of drug-likeness (QED) is 0.120. The molecule has 0 bridgehead atoms. The topological polar surface area (TPSA) is 0 Å². The van der Waals surface area contributed by atoms with Gasteiger partial charge in [0.15, 0.2) is 0 Å². The van der Waals surface area contributed by atoms with Crippen LogP contribution in [0.1, 0.15) is 55.6 Å². The van der Waals surface area contributed by atoms with Crippen LogP contribution in [-0.4, -0.2) is 0 Å². The van der Waals surface area contributed by atoms with Crippen LogP contribution in [0.5, 0.6) is 0 Å². The summed E-state index contributed by atoms with van der Waals surface area (Å²) in [5, 5.41) is 0. The fourth-order valence-corrected chi connectivity index (χ4v) is 10.6. The molecular formula is C70H50Cl2W-2. The van der Waals surface area contributed by atoms with Crippen molar-refractivity contribution in [2.75, 3.05) is 0 Å². The molecule has 352 valence electrons. The van der Waals surface area contributed by atoms with Crippen LogP contribution in [0.15, 0.2) is 303 Å². The van der Waals surface area contributed by atoms with E-state index in [2.05, 4.69) is 315 Å². The van der Waals surface area contributed by atoms with Crippen molar-refractivity contribution >= 4 is 52.3 Å². The van der Waals surface area contributed by atoms with Crippen molar-refractivity contribution in [1.82, 2.24) is 0 Å². The van der Waals surface area contributed by atoms with Crippen molar-refractivity contribution in [3.05, 3.63) is 371 Å². The van der Waals surface area contributed by atoms with E-state index in [1.165, 1.54) is 77.9 Å². The molecule has 0 fully saturated rings. The van der Waals surface area contributed by atoms with Crippen molar-refractivity contribution in [3.8, 4) is 0 Å². The number of hydrogen-bond acceptors (Lipinski definition) is 0. The Morgan fingerprint density at radius 3 is 0.630 bits per heavy atom. The summed E-state index contributed by atoms with van der Waals surface area (Å²) < 4.78 is 0. The van der Waals surface area contributed by atoms with Crippen molar-refractivity contribution in [1.29, 1.82) is 0 Å². The first kappa shape index (κ1) is 49.0. The van der Waals surface area contributed by atoms with Crippen LogP contribution in [0.3, 0.4) is 0 Å². The summed E-state index contributed by atoms with van der Waals surface area (Å²) in [5.74, 6) is 0. The van der Waals surface area contributed by atoms with Gasteiger partial charge in [0.1, 0.15) is 0 Å². The SMILES string of the molecule is [C-]1=C(c2ccccc2)C(c2ccccc2)=C(c2ccccc2)C1(c1ccccc1)c1ccccc1.[C-]1=C(c2ccccc2)C(c2ccccc2)=C(c2ccccc2)C1(c1ccccc1)c1ccccc1.[Cl][W][Cl]. The maximum atomic E-state index is 4.93. The zero-order valence-electron chi connectivity index (χ0n) is 40.0. The van der Waals surface area contributed by atoms with Gasteiger partial charge < -0.3 is 0 Å². The molecule has 10 aromatic rings. The van der Waals surface area contributed by atoms with Crippen molar-refractivity contribution in [3.63, 3.8) is 0 Å². The van der Waals surface area contributed by atoms with Gasteiger partial charge in [0.05, 0.1) is 0 Å². The summed E-state index contributed by atoms with van der Waals surface area (Å²) in [6.45, 7) is 0. The Bertz CT molecular complexity index is 3150. The van der Waals surface area contributed by atoms with Gasteiger partial charge in [0.2, 0.25) is 0 Å². The van der Waals surface area contributed by atoms with Crippen molar-refractivity contribution in [2.45, 2.75) is 10.8 Å². The second-order valence-electron chi connectivity index (χ2n) is 17.7. The molecule has 0 nitrogen and oxygen atoms in total. The average molecular weight is 1150 g/mol. The van der Waals surface area contributed by atoms with Gasteiger partial charge in [-0.05, 0) is 33.4 Å². The van der Waals surface area contributed by atoms with Crippen LogP contribution >= 0.6 is 18.8 Å². The summed E-state index contributed by atoms with van der Waals surface area (Å²) in [6.07, 6.45) is 8.19. The molecule has 12 rings (SSSR count). The zero-order chi connectivity index (χ0) is 49.7. The van der Waals surface area contributed by atoms with Crippen LogP contribution in [0.25, 0.3) is 33.4 Å².